The lowest BCUT2D eigenvalue weighted by Crippen LogP contribution is -2.25. The van der Waals surface area contributed by atoms with Crippen molar-refractivity contribution in [1.29, 1.82) is 0 Å². The Kier molecular flexibility index (Phi) is 4.32. The number of rotatable bonds is 4. The van der Waals surface area contributed by atoms with Gasteiger partial charge in [-0.2, -0.15) is 0 Å². The molecule has 7 heteroatoms. The summed E-state index contributed by atoms with van der Waals surface area (Å²) in [7, 11) is 1.83. The highest BCUT2D eigenvalue weighted by Gasteiger charge is 2.21. The fourth-order valence-electron chi connectivity index (χ4n) is 2.45. The highest BCUT2D eigenvalue weighted by atomic mass is 32.1. The number of carbonyl (C=O) groups excluding carboxylic acids is 1. The monoisotopic (exact) mass is 322 g/mol. The molecule has 2 aromatic heterocycles. The van der Waals surface area contributed by atoms with E-state index in [-0.39, 0.29) is 5.91 Å². The Balaban J connectivity index is 1.68. The van der Waals surface area contributed by atoms with Gasteiger partial charge in [0.2, 0.25) is 0 Å². The second kappa shape index (κ2) is 6.21. The minimum Gasteiger partial charge on any atom is -0.336 e. The van der Waals surface area contributed by atoms with Crippen molar-refractivity contribution in [3.63, 3.8) is 0 Å². The van der Waals surface area contributed by atoms with Crippen LogP contribution in [0, 0.1) is 6.92 Å². The number of nitrogens with one attached hydrogen (secondary N) is 1. The average Bonchev–Trinajstić information content (AvgIpc) is 3.18. The van der Waals surface area contributed by atoms with Crippen LogP contribution in [0.5, 0.6) is 0 Å². The Morgan fingerprint density at radius 2 is 2.38 bits per heavy atom. The molecule has 1 amide bonds. The molecule has 0 aliphatic carbocycles. The van der Waals surface area contributed by atoms with Crippen molar-refractivity contribution in [3.05, 3.63) is 32.5 Å². The maximum absolute atomic E-state index is 12.5. The first-order valence-electron chi connectivity index (χ1n) is 7.01. The van der Waals surface area contributed by atoms with E-state index in [1.807, 2.05) is 20.0 Å². The normalized spacial score (nSPS) is 18.1. The molecule has 1 atom stereocenters. The molecule has 1 saturated heterocycles. The van der Waals surface area contributed by atoms with Crippen molar-refractivity contribution in [2.45, 2.75) is 32.4 Å². The summed E-state index contributed by atoms with van der Waals surface area (Å²) < 4.78 is 3.91. The van der Waals surface area contributed by atoms with Crippen LogP contribution < -0.4 is 5.32 Å². The number of aromatic nitrogens is 2. The van der Waals surface area contributed by atoms with E-state index in [1.54, 1.807) is 16.2 Å². The standard InChI is InChI=1S/C14H18N4OS2/c1-9-13(21-17-16-9)8-18(2)14(19)12-6-5-11(20-12)10-4-3-7-15-10/h5-6,10,15H,3-4,7-8H2,1-2H3. The number of hydrogen-bond acceptors (Lipinski definition) is 6. The number of thiophene rings is 1. The van der Waals surface area contributed by atoms with Gasteiger partial charge in [0.1, 0.15) is 0 Å². The Morgan fingerprint density at radius 1 is 1.52 bits per heavy atom. The van der Waals surface area contributed by atoms with Crippen molar-refractivity contribution < 1.29 is 4.79 Å². The third-order valence-electron chi connectivity index (χ3n) is 3.71. The third-order valence-corrected chi connectivity index (χ3v) is 5.71. The average molecular weight is 322 g/mol. The summed E-state index contributed by atoms with van der Waals surface area (Å²) in [6.07, 6.45) is 2.37. The van der Waals surface area contributed by atoms with Gasteiger partial charge >= 0.3 is 0 Å². The SMILES string of the molecule is Cc1nnsc1CN(C)C(=O)c1ccc(C2CCCN2)s1. The van der Waals surface area contributed by atoms with Crippen molar-refractivity contribution in [1.82, 2.24) is 19.8 Å². The van der Waals surface area contributed by atoms with E-state index in [0.29, 0.717) is 12.6 Å². The van der Waals surface area contributed by atoms with Crippen LogP contribution in [-0.4, -0.2) is 34.0 Å². The molecule has 2 aromatic rings. The number of hydrogen-bond donors (Lipinski definition) is 1. The molecule has 0 aromatic carbocycles. The zero-order valence-corrected chi connectivity index (χ0v) is 13.8. The second-order valence-corrected chi connectivity index (χ2v) is 7.25. The van der Waals surface area contributed by atoms with Crippen LogP contribution in [0.3, 0.4) is 0 Å². The maximum Gasteiger partial charge on any atom is 0.263 e. The molecule has 1 N–H and O–H groups in total. The molecule has 112 valence electrons. The molecule has 0 radical (unpaired) electrons. The largest absolute Gasteiger partial charge is 0.336 e. The van der Waals surface area contributed by atoms with Crippen LogP contribution in [0.4, 0.5) is 0 Å². The predicted molar refractivity (Wildman–Crippen MR) is 84.7 cm³/mol. The molecule has 1 aliphatic rings. The molecule has 3 rings (SSSR count). The van der Waals surface area contributed by atoms with Crippen molar-refractivity contribution >= 4 is 28.8 Å². The first-order valence-corrected chi connectivity index (χ1v) is 8.60. The molecule has 1 fully saturated rings. The number of amides is 1. The first kappa shape index (κ1) is 14.6. The van der Waals surface area contributed by atoms with Crippen LogP contribution in [0.25, 0.3) is 0 Å². The highest BCUT2D eigenvalue weighted by molar-refractivity contribution is 7.14. The Morgan fingerprint density at radius 3 is 3.05 bits per heavy atom. The van der Waals surface area contributed by atoms with Gasteiger partial charge in [0, 0.05) is 18.0 Å². The quantitative estimate of drug-likeness (QED) is 0.940. The fourth-order valence-corrected chi connectivity index (χ4v) is 4.25. The summed E-state index contributed by atoms with van der Waals surface area (Å²) in [6, 6.07) is 4.44. The summed E-state index contributed by atoms with van der Waals surface area (Å²) in [4.78, 5) is 17.3. The predicted octanol–water partition coefficient (Wildman–Crippen LogP) is 2.60. The van der Waals surface area contributed by atoms with E-state index in [9.17, 15) is 4.79 Å². The summed E-state index contributed by atoms with van der Waals surface area (Å²) in [5.41, 5.74) is 0.904. The van der Waals surface area contributed by atoms with E-state index in [1.165, 1.54) is 22.8 Å². The van der Waals surface area contributed by atoms with Crippen molar-refractivity contribution in [3.8, 4) is 0 Å². The molecule has 1 aliphatic heterocycles. The van der Waals surface area contributed by atoms with Gasteiger partial charge in [0.15, 0.2) is 0 Å². The van der Waals surface area contributed by atoms with E-state index in [2.05, 4.69) is 21.0 Å². The van der Waals surface area contributed by atoms with Gasteiger partial charge in [0.25, 0.3) is 5.91 Å². The molecule has 0 bridgehead atoms. The van der Waals surface area contributed by atoms with Crippen LogP contribution in [0.15, 0.2) is 12.1 Å². The van der Waals surface area contributed by atoms with E-state index < -0.39 is 0 Å². The van der Waals surface area contributed by atoms with Crippen molar-refractivity contribution in [2.24, 2.45) is 0 Å². The van der Waals surface area contributed by atoms with Gasteiger partial charge in [-0.05, 0) is 50.0 Å². The number of aryl methyl sites for hydroxylation is 1. The Bertz CT molecular complexity index is 630. The first-order chi connectivity index (χ1) is 10.1. The molecule has 21 heavy (non-hydrogen) atoms. The minimum absolute atomic E-state index is 0.0667. The lowest BCUT2D eigenvalue weighted by Gasteiger charge is -2.15. The Hall–Kier alpha value is -1.31. The fraction of sp³-hybridized carbons (Fsp3) is 0.500. The van der Waals surface area contributed by atoms with Crippen LogP contribution >= 0.6 is 22.9 Å². The maximum atomic E-state index is 12.5. The second-order valence-electron chi connectivity index (χ2n) is 5.29. The highest BCUT2D eigenvalue weighted by Crippen LogP contribution is 2.30. The third kappa shape index (κ3) is 3.14. The van der Waals surface area contributed by atoms with Gasteiger partial charge in [-0.15, -0.1) is 16.4 Å². The molecule has 5 nitrogen and oxygen atoms in total. The number of carbonyl (C=O) groups is 1. The zero-order valence-electron chi connectivity index (χ0n) is 12.1. The molecule has 1 unspecified atom stereocenters. The molecular weight excluding hydrogens is 304 g/mol. The topological polar surface area (TPSA) is 58.1 Å². The Labute approximate surface area is 132 Å². The summed E-state index contributed by atoms with van der Waals surface area (Å²) in [5, 5.41) is 7.45. The summed E-state index contributed by atoms with van der Waals surface area (Å²) in [5.74, 6) is 0.0667. The van der Waals surface area contributed by atoms with Gasteiger partial charge in [-0.3, -0.25) is 4.79 Å². The summed E-state index contributed by atoms with van der Waals surface area (Å²) >= 11 is 2.96. The van der Waals surface area contributed by atoms with Crippen LogP contribution in [0.2, 0.25) is 0 Å². The van der Waals surface area contributed by atoms with E-state index in [0.717, 1.165) is 28.4 Å². The van der Waals surface area contributed by atoms with Gasteiger partial charge in [-0.1, -0.05) is 4.49 Å². The lowest BCUT2D eigenvalue weighted by atomic mass is 10.2. The summed E-state index contributed by atoms with van der Waals surface area (Å²) in [6.45, 7) is 3.56. The van der Waals surface area contributed by atoms with Gasteiger partial charge < -0.3 is 10.2 Å². The number of nitrogens with zero attached hydrogens (tertiary/aromatic N) is 3. The van der Waals surface area contributed by atoms with Gasteiger partial charge in [0.05, 0.1) is 22.0 Å². The van der Waals surface area contributed by atoms with Gasteiger partial charge in [-0.25, -0.2) is 0 Å². The zero-order chi connectivity index (χ0) is 14.8. The lowest BCUT2D eigenvalue weighted by molar-refractivity contribution is 0.0791. The molecule has 3 heterocycles. The van der Waals surface area contributed by atoms with Crippen LogP contribution in [-0.2, 0) is 6.54 Å². The molecule has 0 spiro atoms. The minimum atomic E-state index is 0.0667. The molecular formula is C14H18N4OS2. The molecule has 0 saturated carbocycles. The van der Waals surface area contributed by atoms with E-state index >= 15 is 0 Å². The van der Waals surface area contributed by atoms with Crippen molar-refractivity contribution in [2.75, 3.05) is 13.6 Å². The smallest absolute Gasteiger partial charge is 0.263 e. The van der Waals surface area contributed by atoms with E-state index in [4.69, 9.17) is 0 Å². The van der Waals surface area contributed by atoms with Crippen LogP contribution in [0.1, 0.15) is 44.0 Å².